The molecular weight excluding hydrogens is 390 g/mol. The lowest BCUT2D eigenvalue weighted by atomic mass is 10.1. The fourth-order valence-electron chi connectivity index (χ4n) is 3.63. The first-order chi connectivity index (χ1) is 15.0. The summed E-state index contributed by atoms with van der Waals surface area (Å²) in [6.45, 7) is 3.96. The second-order valence-electron chi connectivity index (χ2n) is 7.98. The zero-order valence-electron chi connectivity index (χ0n) is 18.8. The third-order valence-electron chi connectivity index (χ3n) is 5.48. The van der Waals surface area contributed by atoms with Crippen molar-refractivity contribution in [3.05, 3.63) is 60.2 Å². The van der Waals surface area contributed by atoms with Gasteiger partial charge in [-0.05, 0) is 31.0 Å². The van der Waals surface area contributed by atoms with E-state index in [0.29, 0.717) is 5.96 Å². The smallest absolute Gasteiger partial charge is 0.243 e. The van der Waals surface area contributed by atoms with Crippen LogP contribution in [-0.4, -0.2) is 63.6 Å². The number of benzene rings is 2. The van der Waals surface area contributed by atoms with Crippen molar-refractivity contribution in [2.24, 2.45) is 4.99 Å². The van der Waals surface area contributed by atoms with Gasteiger partial charge in [0.2, 0.25) is 5.91 Å². The molecule has 1 aliphatic rings. The van der Waals surface area contributed by atoms with Gasteiger partial charge >= 0.3 is 0 Å². The van der Waals surface area contributed by atoms with Gasteiger partial charge in [0.15, 0.2) is 5.96 Å². The van der Waals surface area contributed by atoms with E-state index in [2.05, 4.69) is 45.6 Å². The van der Waals surface area contributed by atoms with Gasteiger partial charge in [0.1, 0.15) is 12.3 Å². The molecule has 2 N–H and O–H groups in total. The zero-order valence-corrected chi connectivity index (χ0v) is 18.8. The molecule has 0 aliphatic carbocycles. The van der Waals surface area contributed by atoms with Crippen LogP contribution in [0.25, 0.3) is 0 Å². The van der Waals surface area contributed by atoms with E-state index in [1.807, 2.05) is 36.4 Å². The molecule has 7 heteroatoms. The number of likely N-dealkylation sites (N-methyl/N-ethyl adjacent to an activating group) is 1. The highest BCUT2D eigenvalue weighted by atomic mass is 16.5. The number of hydrogen-bond donors (Lipinski definition) is 2. The minimum atomic E-state index is -0.0319. The van der Waals surface area contributed by atoms with Gasteiger partial charge in [-0.25, -0.2) is 4.99 Å². The lowest BCUT2D eigenvalue weighted by Crippen LogP contribution is -2.46. The number of methoxy groups -OCH3 is 1. The molecule has 1 amide bonds. The molecule has 166 valence electrons. The number of aliphatic imine (C=N–C) groups is 1. The molecule has 3 rings (SSSR count). The number of rotatable bonds is 7. The van der Waals surface area contributed by atoms with Gasteiger partial charge in [-0.3, -0.25) is 4.79 Å². The fourth-order valence-corrected chi connectivity index (χ4v) is 3.63. The lowest BCUT2D eigenvalue weighted by Gasteiger charge is -2.24. The molecule has 0 bridgehead atoms. The van der Waals surface area contributed by atoms with Gasteiger partial charge in [-0.1, -0.05) is 42.5 Å². The van der Waals surface area contributed by atoms with Crippen molar-refractivity contribution in [3.63, 3.8) is 0 Å². The molecule has 2 aromatic carbocycles. The minimum absolute atomic E-state index is 0.0319. The van der Waals surface area contributed by atoms with Crippen molar-refractivity contribution in [2.45, 2.75) is 25.4 Å². The number of hydrogen-bond acceptors (Lipinski definition) is 4. The summed E-state index contributed by atoms with van der Waals surface area (Å²) >= 11 is 0. The van der Waals surface area contributed by atoms with E-state index >= 15 is 0 Å². The highest BCUT2D eigenvalue weighted by molar-refractivity contribution is 5.85. The first-order valence-corrected chi connectivity index (χ1v) is 10.7. The van der Waals surface area contributed by atoms with Crippen LogP contribution in [-0.2, 0) is 4.79 Å². The Hall–Kier alpha value is -3.22. The predicted octanol–water partition coefficient (Wildman–Crippen LogP) is 2.66. The largest absolute Gasteiger partial charge is 0.495 e. The highest BCUT2D eigenvalue weighted by Gasteiger charge is 2.25. The molecule has 0 saturated carbocycles. The van der Waals surface area contributed by atoms with E-state index in [4.69, 9.17) is 4.74 Å². The number of carbonyl (C=O) groups is 1. The van der Waals surface area contributed by atoms with Gasteiger partial charge in [-0.15, -0.1) is 0 Å². The Balaban J connectivity index is 1.69. The molecule has 0 radical (unpaired) electrons. The Morgan fingerprint density at radius 3 is 2.61 bits per heavy atom. The summed E-state index contributed by atoms with van der Waals surface area (Å²) in [5.41, 5.74) is 2.26. The average Bonchev–Trinajstić information content (AvgIpc) is 3.25. The number of ether oxygens (including phenoxy) is 1. The maximum absolute atomic E-state index is 12.1. The van der Waals surface area contributed by atoms with Crippen LogP contribution in [0.4, 0.5) is 5.69 Å². The van der Waals surface area contributed by atoms with Crippen LogP contribution in [0.1, 0.15) is 24.9 Å². The predicted molar refractivity (Wildman–Crippen MR) is 126 cm³/mol. The van der Waals surface area contributed by atoms with E-state index in [1.165, 1.54) is 0 Å². The van der Waals surface area contributed by atoms with Gasteiger partial charge in [0.05, 0.1) is 18.8 Å². The number of nitrogens with one attached hydrogen (secondary N) is 2. The van der Waals surface area contributed by atoms with E-state index in [1.54, 1.807) is 26.1 Å². The lowest BCUT2D eigenvalue weighted by molar-refractivity contribution is -0.127. The van der Waals surface area contributed by atoms with Crippen LogP contribution in [0.15, 0.2) is 59.6 Å². The SMILES string of the molecule is COc1ccccc1N1CCC(NC(=NCC(=O)N(C)C)NC(C)c2ccccc2)C1. The van der Waals surface area contributed by atoms with E-state index in [0.717, 1.165) is 36.5 Å². The molecule has 0 spiro atoms. The normalized spacial score (nSPS) is 17.2. The second kappa shape index (κ2) is 10.7. The minimum Gasteiger partial charge on any atom is -0.495 e. The van der Waals surface area contributed by atoms with Crippen molar-refractivity contribution in [2.75, 3.05) is 45.7 Å². The van der Waals surface area contributed by atoms with Crippen LogP contribution in [0.3, 0.4) is 0 Å². The number of para-hydroxylation sites is 2. The van der Waals surface area contributed by atoms with Crippen molar-refractivity contribution < 1.29 is 9.53 Å². The highest BCUT2D eigenvalue weighted by Crippen LogP contribution is 2.30. The fraction of sp³-hybridized carbons (Fsp3) is 0.417. The van der Waals surface area contributed by atoms with Crippen LogP contribution in [0.2, 0.25) is 0 Å². The van der Waals surface area contributed by atoms with Gasteiger partial charge in [-0.2, -0.15) is 0 Å². The molecule has 1 fully saturated rings. The first-order valence-electron chi connectivity index (χ1n) is 10.7. The molecular formula is C24H33N5O2. The Morgan fingerprint density at radius 2 is 1.90 bits per heavy atom. The number of nitrogens with zero attached hydrogens (tertiary/aromatic N) is 3. The van der Waals surface area contributed by atoms with Crippen LogP contribution < -0.4 is 20.3 Å². The first kappa shape index (κ1) is 22.5. The van der Waals surface area contributed by atoms with Crippen molar-refractivity contribution in [3.8, 4) is 5.75 Å². The van der Waals surface area contributed by atoms with E-state index in [-0.39, 0.29) is 24.5 Å². The van der Waals surface area contributed by atoms with E-state index < -0.39 is 0 Å². The number of amides is 1. The number of guanidine groups is 1. The third-order valence-corrected chi connectivity index (χ3v) is 5.48. The summed E-state index contributed by atoms with van der Waals surface area (Å²) in [4.78, 5) is 20.5. The van der Waals surface area contributed by atoms with Crippen LogP contribution in [0.5, 0.6) is 5.75 Å². The second-order valence-corrected chi connectivity index (χ2v) is 7.98. The number of carbonyl (C=O) groups excluding carboxylic acids is 1. The van der Waals surface area contributed by atoms with Crippen LogP contribution in [0, 0.1) is 0 Å². The van der Waals surface area contributed by atoms with Gasteiger partial charge in [0, 0.05) is 33.2 Å². The Morgan fingerprint density at radius 1 is 1.19 bits per heavy atom. The Kier molecular flexibility index (Phi) is 7.76. The monoisotopic (exact) mass is 423 g/mol. The molecule has 2 unspecified atom stereocenters. The van der Waals surface area contributed by atoms with Crippen LogP contribution >= 0.6 is 0 Å². The van der Waals surface area contributed by atoms with Gasteiger partial charge in [0.25, 0.3) is 0 Å². The van der Waals surface area contributed by atoms with Crippen molar-refractivity contribution >= 4 is 17.6 Å². The summed E-state index contributed by atoms with van der Waals surface area (Å²) in [5.74, 6) is 1.50. The molecule has 7 nitrogen and oxygen atoms in total. The quantitative estimate of drug-likeness (QED) is 0.529. The zero-order chi connectivity index (χ0) is 22.2. The molecule has 31 heavy (non-hydrogen) atoms. The van der Waals surface area contributed by atoms with Gasteiger partial charge < -0.3 is 25.2 Å². The van der Waals surface area contributed by atoms with E-state index in [9.17, 15) is 4.79 Å². The summed E-state index contributed by atoms with van der Waals surface area (Å²) < 4.78 is 5.52. The summed E-state index contributed by atoms with van der Waals surface area (Å²) in [6.07, 6.45) is 0.972. The topological polar surface area (TPSA) is 69.2 Å². The molecule has 2 atom stereocenters. The standard InChI is InChI=1S/C24H33N5O2/c1-18(19-10-6-5-7-11-19)26-24(25-16-23(30)28(2)3)27-20-14-15-29(17-20)21-12-8-9-13-22(21)31-4/h5-13,18,20H,14-17H2,1-4H3,(H2,25,26,27). The maximum Gasteiger partial charge on any atom is 0.243 e. The molecule has 0 aromatic heterocycles. The summed E-state index contributed by atoms with van der Waals surface area (Å²) in [5, 5.41) is 6.99. The number of anilines is 1. The Labute approximate surface area is 185 Å². The summed E-state index contributed by atoms with van der Waals surface area (Å²) in [7, 11) is 5.19. The summed E-state index contributed by atoms with van der Waals surface area (Å²) in [6, 6.07) is 18.6. The van der Waals surface area contributed by atoms with Crippen molar-refractivity contribution in [1.82, 2.24) is 15.5 Å². The maximum atomic E-state index is 12.1. The molecule has 1 saturated heterocycles. The average molecular weight is 424 g/mol. The van der Waals surface area contributed by atoms with Crippen molar-refractivity contribution in [1.29, 1.82) is 0 Å². The molecule has 1 aliphatic heterocycles. The molecule has 1 heterocycles. The third kappa shape index (κ3) is 6.13. The molecule has 2 aromatic rings. The Bertz CT molecular complexity index is 885.